The van der Waals surface area contributed by atoms with Gasteiger partial charge >= 0.3 is 0 Å². The summed E-state index contributed by atoms with van der Waals surface area (Å²) in [4.78, 5) is 20.9. The van der Waals surface area contributed by atoms with Gasteiger partial charge in [-0.2, -0.15) is 0 Å². The molecule has 7 heteroatoms. The number of hydroxylamine groups is 1. The number of benzene rings is 1. The molecule has 0 saturated heterocycles. The van der Waals surface area contributed by atoms with E-state index < -0.39 is 18.6 Å². The molecule has 0 aromatic heterocycles. The maximum atomic E-state index is 12.0. The number of hydrogen-bond acceptors (Lipinski definition) is 4. The Bertz CT molecular complexity index is 462. The molecule has 0 aliphatic heterocycles. The number of nitrogens with one attached hydrogen (secondary N) is 2. The number of carbonyl (C=O) groups is 1. The predicted molar refractivity (Wildman–Crippen MR) is 90.2 cm³/mol. The quantitative estimate of drug-likeness (QED) is 0.377. The largest absolute Gasteiger partial charge is 0.343 e. The maximum Gasteiger partial charge on any atom is 0.257 e. The van der Waals surface area contributed by atoms with E-state index in [9.17, 15) is 14.3 Å². The van der Waals surface area contributed by atoms with Crippen molar-refractivity contribution in [1.29, 1.82) is 0 Å². The second kappa shape index (κ2) is 11.4. The highest BCUT2D eigenvalue weighted by Crippen LogP contribution is 2.55. The highest BCUT2D eigenvalue weighted by atomic mass is 31.2. The third-order valence-corrected chi connectivity index (χ3v) is 4.96. The lowest BCUT2D eigenvalue weighted by molar-refractivity contribution is -0.128. The number of rotatable bonds is 5. The van der Waals surface area contributed by atoms with Crippen LogP contribution in [-0.4, -0.2) is 29.2 Å². The molecule has 2 atom stereocenters. The molecule has 0 saturated carbocycles. The van der Waals surface area contributed by atoms with Crippen LogP contribution in [0.2, 0.25) is 0 Å². The van der Waals surface area contributed by atoms with Crippen molar-refractivity contribution < 1.29 is 19.5 Å². The van der Waals surface area contributed by atoms with Gasteiger partial charge in [-0.3, -0.25) is 19.9 Å². The van der Waals surface area contributed by atoms with Crippen LogP contribution in [0.1, 0.15) is 40.2 Å². The Kier molecular flexibility index (Phi) is 11.9. The summed E-state index contributed by atoms with van der Waals surface area (Å²) in [6.07, 6.45) is 0. The molecule has 0 fully saturated rings. The molecule has 1 aromatic carbocycles. The molecular formula is C15H29N2O4P. The lowest BCUT2D eigenvalue weighted by Crippen LogP contribution is -2.44. The van der Waals surface area contributed by atoms with E-state index >= 15 is 0 Å². The topological polar surface area (TPSA) is 98.7 Å². The van der Waals surface area contributed by atoms with Gasteiger partial charge in [-0.05, 0) is 12.5 Å². The fourth-order valence-corrected chi connectivity index (χ4v) is 2.54. The van der Waals surface area contributed by atoms with Gasteiger partial charge in [-0.25, -0.2) is 5.48 Å². The van der Waals surface area contributed by atoms with Gasteiger partial charge in [0.1, 0.15) is 5.28 Å². The van der Waals surface area contributed by atoms with E-state index in [-0.39, 0.29) is 6.54 Å². The Labute approximate surface area is 133 Å². The Morgan fingerprint density at radius 1 is 1.18 bits per heavy atom. The van der Waals surface area contributed by atoms with Crippen LogP contribution < -0.4 is 10.8 Å². The first kappa shape index (κ1) is 23.1. The summed E-state index contributed by atoms with van der Waals surface area (Å²) in [6, 6.07) is 8.70. The van der Waals surface area contributed by atoms with E-state index in [1.807, 2.05) is 27.7 Å². The minimum Gasteiger partial charge on any atom is -0.343 e. The Morgan fingerprint density at radius 3 is 2.00 bits per heavy atom. The summed E-state index contributed by atoms with van der Waals surface area (Å²) < 4.78 is 12.0. The number of hydrogen-bond donors (Lipinski definition) is 4. The van der Waals surface area contributed by atoms with Crippen LogP contribution in [0.25, 0.3) is 0 Å². The van der Waals surface area contributed by atoms with Gasteiger partial charge in [0.15, 0.2) is 0 Å². The van der Waals surface area contributed by atoms with E-state index in [1.165, 1.54) is 12.1 Å². The van der Waals surface area contributed by atoms with Crippen LogP contribution in [-0.2, 0) is 14.6 Å². The van der Waals surface area contributed by atoms with Crippen LogP contribution in [0.15, 0.2) is 30.3 Å². The molecule has 128 valence electrons. The standard InChI is InChI=1S/C11H17N2O4P.2C2H6/c1-11(18(2,16)17,12-8-10(14)13-15)9-6-4-3-5-7-9;2*1-2/h3-7,12,15H,8H2,1-2H3,(H,13,14)(H,16,17);2*1-2H3. The average Bonchev–Trinajstić information content (AvgIpc) is 2.55. The number of carbonyl (C=O) groups excluding carboxylic acids is 1. The molecule has 22 heavy (non-hydrogen) atoms. The minimum absolute atomic E-state index is 0.264. The van der Waals surface area contributed by atoms with Gasteiger partial charge in [-0.15, -0.1) is 0 Å². The molecule has 0 spiro atoms. The van der Waals surface area contributed by atoms with Crippen LogP contribution in [0.5, 0.6) is 0 Å². The summed E-state index contributed by atoms with van der Waals surface area (Å²) in [5.41, 5.74) is 2.07. The van der Waals surface area contributed by atoms with Gasteiger partial charge in [0.05, 0.1) is 6.54 Å². The van der Waals surface area contributed by atoms with Crippen LogP contribution in [0.4, 0.5) is 0 Å². The second-order valence-electron chi connectivity index (χ2n) is 4.21. The lowest BCUT2D eigenvalue weighted by atomic mass is 10.1. The Morgan fingerprint density at radius 2 is 1.64 bits per heavy atom. The molecule has 0 heterocycles. The van der Waals surface area contributed by atoms with E-state index in [2.05, 4.69) is 5.32 Å². The Hall–Kier alpha value is -1.20. The molecule has 0 bridgehead atoms. The zero-order valence-electron chi connectivity index (χ0n) is 14.3. The molecule has 0 radical (unpaired) electrons. The highest BCUT2D eigenvalue weighted by Gasteiger charge is 2.41. The summed E-state index contributed by atoms with van der Waals surface area (Å²) in [7, 11) is -3.55. The fraction of sp³-hybridized carbons (Fsp3) is 0.533. The summed E-state index contributed by atoms with van der Waals surface area (Å²) in [5, 5.41) is 9.90. The molecule has 1 rings (SSSR count). The van der Waals surface area contributed by atoms with Crippen molar-refractivity contribution in [3.05, 3.63) is 35.9 Å². The van der Waals surface area contributed by atoms with E-state index in [4.69, 9.17) is 5.21 Å². The minimum atomic E-state index is -3.55. The van der Waals surface area contributed by atoms with Crippen molar-refractivity contribution in [2.75, 3.05) is 13.2 Å². The lowest BCUT2D eigenvalue weighted by Gasteiger charge is -2.33. The van der Waals surface area contributed by atoms with Crippen LogP contribution >= 0.6 is 7.37 Å². The first-order valence-corrected chi connectivity index (χ1v) is 9.46. The molecule has 1 amide bonds. The van der Waals surface area contributed by atoms with Crippen LogP contribution in [0.3, 0.4) is 0 Å². The SMILES string of the molecule is CC.CC.CC(NCC(=O)NO)(c1ccccc1)P(C)(=O)O. The Balaban J connectivity index is 0. The zero-order chi connectivity index (χ0) is 17.8. The molecule has 6 nitrogen and oxygen atoms in total. The number of amides is 1. The van der Waals surface area contributed by atoms with E-state index in [0.29, 0.717) is 5.56 Å². The van der Waals surface area contributed by atoms with Gasteiger partial charge in [0.2, 0.25) is 7.37 Å². The van der Waals surface area contributed by atoms with Crippen molar-refractivity contribution >= 4 is 13.3 Å². The first-order valence-electron chi connectivity index (χ1n) is 7.35. The molecule has 2 unspecified atom stereocenters. The smallest absolute Gasteiger partial charge is 0.257 e. The normalized spacial score (nSPS) is 14.9. The third-order valence-electron chi connectivity index (χ3n) is 2.88. The monoisotopic (exact) mass is 332 g/mol. The maximum absolute atomic E-state index is 12.0. The molecule has 1 aromatic rings. The third kappa shape index (κ3) is 6.71. The average molecular weight is 332 g/mol. The van der Waals surface area contributed by atoms with Gasteiger partial charge in [0.25, 0.3) is 5.91 Å². The van der Waals surface area contributed by atoms with Gasteiger partial charge in [0, 0.05) is 6.66 Å². The highest BCUT2D eigenvalue weighted by molar-refractivity contribution is 7.58. The van der Waals surface area contributed by atoms with Crippen molar-refractivity contribution in [3.8, 4) is 0 Å². The van der Waals surface area contributed by atoms with Crippen molar-refractivity contribution in [2.24, 2.45) is 0 Å². The summed E-state index contributed by atoms with van der Waals surface area (Å²) in [6.45, 7) is 10.5. The van der Waals surface area contributed by atoms with Gasteiger partial charge < -0.3 is 4.89 Å². The first-order chi connectivity index (χ1) is 10.3. The van der Waals surface area contributed by atoms with Crippen LogP contribution in [0, 0.1) is 0 Å². The van der Waals surface area contributed by atoms with Gasteiger partial charge in [-0.1, -0.05) is 58.0 Å². The van der Waals surface area contributed by atoms with Crippen molar-refractivity contribution in [2.45, 2.75) is 39.9 Å². The summed E-state index contributed by atoms with van der Waals surface area (Å²) in [5.74, 6) is -0.675. The second-order valence-corrected chi connectivity index (χ2v) is 6.86. The van der Waals surface area contributed by atoms with E-state index in [1.54, 1.807) is 37.3 Å². The zero-order valence-corrected chi connectivity index (χ0v) is 15.1. The molecular weight excluding hydrogens is 303 g/mol. The van der Waals surface area contributed by atoms with Crippen molar-refractivity contribution in [1.82, 2.24) is 10.8 Å². The van der Waals surface area contributed by atoms with Crippen molar-refractivity contribution in [3.63, 3.8) is 0 Å². The molecule has 4 N–H and O–H groups in total. The summed E-state index contributed by atoms with van der Waals surface area (Å²) >= 11 is 0. The predicted octanol–water partition coefficient (Wildman–Crippen LogP) is 2.91. The fourth-order valence-electron chi connectivity index (χ4n) is 1.54. The van der Waals surface area contributed by atoms with E-state index in [0.717, 1.165) is 0 Å². The molecule has 0 aliphatic rings. The molecule has 0 aliphatic carbocycles.